The zero-order valence-electron chi connectivity index (χ0n) is 14.2. The molecule has 5 N–H and O–H groups in total. The molecule has 0 saturated heterocycles. The molecule has 7 nitrogen and oxygen atoms in total. The lowest BCUT2D eigenvalue weighted by Crippen LogP contribution is -2.71. The average Bonchev–Trinajstić information content (AvgIpc) is 2.56. The van der Waals surface area contributed by atoms with E-state index >= 15 is 0 Å². The SMILES string of the molecule is NC(=O)c1cnc(C(=O)NC2(C(N)=O)C3CC4CC(C3)CC2C4)c(Cl)c1. The Morgan fingerprint density at radius 1 is 1.08 bits per heavy atom. The molecular weight excluding hydrogens is 356 g/mol. The number of carbonyl (C=O) groups excluding carboxylic acids is 3. The first-order chi connectivity index (χ1) is 12.3. The molecule has 0 aromatic carbocycles. The third kappa shape index (κ3) is 2.48. The summed E-state index contributed by atoms with van der Waals surface area (Å²) in [5.41, 5.74) is 10.0. The average molecular weight is 377 g/mol. The molecular formula is C18H21ClN4O3. The summed E-state index contributed by atoms with van der Waals surface area (Å²) >= 11 is 6.11. The Kier molecular flexibility index (Phi) is 3.95. The van der Waals surface area contributed by atoms with Gasteiger partial charge in [-0.25, -0.2) is 4.98 Å². The Bertz CT molecular complexity index is 782. The summed E-state index contributed by atoms with van der Waals surface area (Å²) in [5, 5.41) is 2.92. The van der Waals surface area contributed by atoms with Crippen LogP contribution in [0.3, 0.4) is 0 Å². The summed E-state index contributed by atoms with van der Waals surface area (Å²) in [7, 11) is 0. The van der Waals surface area contributed by atoms with E-state index in [1.807, 2.05) is 0 Å². The summed E-state index contributed by atoms with van der Waals surface area (Å²) in [6.07, 6.45) is 6.08. The molecule has 1 aromatic rings. The predicted octanol–water partition coefficient (Wildman–Crippen LogP) is 1.24. The van der Waals surface area contributed by atoms with Crippen LogP contribution in [0.1, 0.15) is 53.0 Å². The Morgan fingerprint density at radius 3 is 2.12 bits per heavy atom. The van der Waals surface area contributed by atoms with Gasteiger partial charge in [-0.05, 0) is 61.8 Å². The van der Waals surface area contributed by atoms with E-state index in [0.29, 0.717) is 11.8 Å². The zero-order chi connectivity index (χ0) is 18.6. The Balaban J connectivity index is 1.65. The topological polar surface area (TPSA) is 128 Å². The fourth-order valence-corrected chi connectivity index (χ4v) is 5.83. The number of pyridine rings is 1. The lowest BCUT2D eigenvalue weighted by Gasteiger charge is -2.59. The molecule has 4 fully saturated rings. The molecule has 5 rings (SSSR count). The van der Waals surface area contributed by atoms with E-state index in [9.17, 15) is 14.4 Å². The van der Waals surface area contributed by atoms with E-state index in [1.165, 1.54) is 18.7 Å². The van der Waals surface area contributed by atoms with Gasteiger partial charge in [-0.2, -0.15) is 0 Å². The Morgan fingerprint density at radius 2 is 1.65 bits per heavy atom. The molecule has 0 atom stereocenters. The summed E-state index contributed by atoms with van der Waals surface area (Å²) in [5.74, 6) is -0.340. The van der Waals surface area contributed by atoms with E-state index in [4.69, 9.17) is 23.1 Å². The van der Waals surface area contributed by atoms with Crippen molar-refractivity contribution < 1.29 is 14.4 Å². The number of rotatable bonds is 4. The maximum absolute atomic E-state index is 12.9. The van der Waals surface area contributed by atoms with Crippen LogP contribution in [-0.4, -0.2) is 28.2 Å². The van der Waals surface area contributed by atoms with Crippen LogP contribution in [0, 0.1) is 23.7 Å². The molecule has 0 radical (unpaired) electrons. The quantitative estimate of drug-likeness (QED) is 0.730. The van der Waals surface area contributed by atoms with E-state index < -0.39 is 23.3 Å². The van der Waals surface area contributed by atoms with Gasteiger partial charge in [0.05, 0.1) is 10.6 Å². The summed E-state index contributed by atoms with van der Waals surface area (Å²) < 4.78 is 0. The van der Waals surface area contributed by atoms with Gasteiger partial charge >= 0.3 is 0 Å². The first-order valence-electron chi connectivity index (χ1n) is 8.89. The molecule has 0 aliphatic heterocycles. The molecule has 4 saturated carbocycles. The molecule has 1 heterocycles. The van der Waals surface area contributed by atoms with Crippen LogP contribution in [-0.2, 0) is 4.79 Å². The lowest BCUT2D eigenvalue weighted by atomic mass is 9.48. The number of halogens is 1. The first kappa shape index (κ1) is 17.3. The number of nitrogens with zero attached hydrogens (tertiary/aromatic N) is 1. The maximum Gasteiger partial charge on any atom is 0.272 e. The lowest BCUT2D eigenvalue weighted by molar-refractivity contribution is -0.142. The molecule has 138 valence electrons. The number of hydrogen-bond donors (Lipinski definition) is 3. The van der Waals surface area contributed by atoms with Crippen LogP contribution < -0.4 is 16.8 Å². The fraction of sp³-hybridized carbons (Fsp3) is 0.556. The molecule has 4 aliphatic carbocycles. The first-order valence-corrected chi connectivity index (χ1v) is 9.26. The Labute approximate surface area is 155 Å². The second kappa shape index (κ2) is 5.94. The summed E-state index contributed by atoms with van der Waals surface area (Å²) in [6.45, 7) is 0. The largest absolute Gasteiger partial charge is 0.368 e. The van der Waals surface area contributed by atoms with Gasteiger partial charge in [0.1, 0.15) is 11.2 Å². The van der Waals surface area contributed by atoms with Crippen LogP contribution in [0.2, 0.25) is 5.02 Å². The van der Waals surface area contributed by atoms with Crippen LogP contribution in [0.5, 0.6) is 0 Å². The van der Waals surface area contributed by atoms with Crippen molar-refractivity contribution in [1.29, 1.82) is 0 Å². The molecule has 4 bridgehead atoms. The van der Waals surface area contributed by atoms with E-state index in [2.05, 4.69) is 10.3 Å². The number of aromatic nitrogens is 1. The number of nitrogens with two attached hydrogens (primary N) is 2. The van der Waals surface area contributed by atoms with Crippen molar-refractivity contribution in [1.82, 2.24) is 10.3 Å². The van der Waals surface area contributed by atoms with Crippen molar-refractivity contribution in [3.8, 4) is 0 Å². The number of amides is 3. The fourth-order valence-electron chi connectivity index (χ4n) is 5.58. The van der Waals surface area contributed by atoms with Gasteiger partial charge in [-0.3, -0.25) is 14.4 Å². The standard InChI is InChI=1S/C18H21ClN4O3/c19-13-6-10(15(20)24)7-22-14(13)16(25)23-18(17(21)26)11-2-8-1-9(4-11)5-12(18)3-8/h6-9,11-12H,1-5H2,(H2,20,24)(H2,21,26)(H,23,25). The summed E-state index contributed by atoms with van der Waals surface area (Å²) in [6, 6.07) is 1.31. The zero-order valence-corrected chi connectivity index (χ0v) is 15.0. The van der Waals surface area contributed by atoms with Crippen molar-refractivity contribution in [3.63, 3.8) is 0 Å². The number of nitrogens with one attached hydrogen (secondary N) is 1. The highest BCUT2D eigenvalue weighted by atomic mass is 35.5. The van der Waals surface area contributed by atoms with Crippen molar-refractivity contribution in [3.05, 3.63) is 28.5 Å². The van der Waals surface area contributed by atoms with Crippen molar-refractivity contribution in [2.24, 2.45) is 35.1 Å². The highest BCUT2D eigenvalue weighted by molar-refractivity contribution is 6.33. The molecule has 1 aromatic heterocycles. The third-order valence-corrected chi connectivity index (χ3v) is 6.78. The van der Waals surface area contributed by atoms with Crippen molar-refractivity contribution in [2.75, 3.05) is 0 Å². The van der Waals surface area contributed by atoms with Gasteiger partial charge in [-0.15, -0.1) is 0 Å². The van der Waals surface area contributed by atoms with E-state index in [0.717, 1.165) is 25.7 Å². The summed E-state index contributed by atoms with van der Waals surface area (Å²) in [4.78, 5) is 40.6. The van der Waals surface area contributed by atoms with Gasteiger partial charge in [0.2, 0.25) is 11.8 Å². The molecule has 0 spiro atoms. The second-order valence-corrected chi connectivity index (χ2v) is 8.32. The molecule has 3 amide bonds. The molecule has 8 heteroatoms. The normalized spacial score (nSPS) is 34.5. The number of primary amides is 2. The predicted molar refractivity (Wildman–Crippen MR) is 94.2 cm³/mol. The molecule has 0 unspecified atom stereocenters. The minimum absolute atomic E-state index is 0.0160. The van der Waals surface area contributed by atoms with Gasteiger partial charge in [0, 0.05) is 6.20 Å². The minimum atomic E-state index is -1.04. The maximum atomic E-state index is 12.9. The smallest absolute Gasteiger partial charge is 0.272 e. The van der Waals surface area contributed by atoms with Gasteiger partial charge in [0.25, 0.3) is 5.91 Å². The van der Waals surface area contributed by atoms with Gasteiger partial charge < -0.3 is 16.8 Å². The van der Waals surface area contributed by atoms with Crippen molar-refractivity contribution in [2.45, 2.75) is 37.6 Å². The van der Waals surface area contributed by atoms with Crippen LogP contribution in [0.25, 0.3) is 0 Å². The highest BCUT2D eigenvalue weighted by Crippen LogP contribution is 2.58. The van der Waals surface area contributed by atoms with Crippen molar-refractivity contribution >= 4 is 29.3 Å². The van der Waals surface area contributed by atoms with Gasteiger partial charge in [0.15, 0.2) is 0 Å². The monoisotopic (exact) mass is 376 g/mol. The molecule has 26 heavy (non-hydrogen) atoms. The van der Waals surface area contributed by atoms with E-state index in [-0.39, 0.29) is 28.1 Å². The second-order valence-electron chi connectivity index (χ2n) is 7.91. The number of hydrogen-bond acceptors (Lipinski definition) is 4. The highest BCUT2D eigenvalue weighted by Gasteiger charge is 2.61. The van der Waals surface area contributed by atoms with E-state index in [1.54, 1.807) is 0 Å². The minimum Gasteiger partial charge on any atom is -0.368 e. The third-order valence-electron chi connectivity index (χ3n) is 6.49. The van der Waals surface area contributed by atoms with Gasteiger partial charge in [-0.1, -0.05) is 11.6 Å². The van der Waals surface area contributed by atoms with Crippen LogP contribution in [0.4, 0.5) is 0 Å². The van der Waals surface area contributed by atoms with Crippen LogP contribution in [0.15, 0.2) is 12.3 Å². The molecule has 4 aliphatic rings. The van der Waals surface area contributed by atoms with Crippen LogP contribution >= 0.6 is 11.6 Å². The number of carbonyl (C=O) groups is 3. The Hall–Kier alpha value is -2.15.